The monoisotopic (exact) mass is 910 g/mol. The van der Waals surface area contributed by atoms with E-state index in [0.29, 0.717) is 68.6 Å². The van der Waals surface area contributed by atoms with Crippen LogP contribution < -0.4 is 15.6 Å². The lowest BCUT2D eigenvalue weighted by Crippen LogP contribution is -2.60. The highest BCUT2D eigenvalue weighted by Crippen LogP contribution is 2.44. The summed E-state index contributed by atoms with van der Waals surface area (Å²) < 4.78 is 51.1. The van der Waals surface area contributed by atoms with E-state index in [4.69, 9.17) is 14.7 Å². The number of benzene rings is 1. The molecule has 64 heavy (non-hydrogen) atoms. The number of aliphatic hydroxyl groups excluding tert-OH is 1. The van der Waals surface area contributed by atoms with Crippen LogP contribution in [0.2, 0.25) is 0 Å². The first-order valence-corrected chi connectivity index (χ1v) is 23.0. The molecule has 0 bridgehead atoms. The number of hydrazine groups is 1. The molecular formula is C46H61F3N8O6S. The van der Waals surface area contributed by atoms with Gasteiger partial charge in [-0.25, -0.2) is 15.2 Å². The summed E-state index contributed by atoms with van der Waals surface area (Å²) >= 11 is 1.25. The maximum Gasteiger partial charge on any atom is 0.408 e. The zero-order chi connectivity index (χ0) is 46.3. The molecule has 3 fully saturated rings. The Morgan fingerprint density at radius 1 is 1.02 bits per heavy atom. The van der Waals surface area contributed by atoms with Crippen molar-refractivity contribution in [1.29, 1.82) is 0 Å². The van der Waals surface area contributed by atoms with Crippen LogP contribution in [0, 0.1) is 5.41 Å². The van der Waals surface area contributed by atoms with Crippen LogP contribution in [0.25, 0.3) is 33.4 Å². The fourth-order valence-corrected chi connectivity index (χ4v) is 9.54. The minimum absolute atomic E-state index is 0.0418. The number of nitrogens with one attached hydrogen (secondary N) is 2. The standard InChI is InChI=1S/C46H61F3N8O6S/c1-27(2)39-32(20-30(23-50-39)55-17-15-54(16-18-55)29-11-12-29)40-33(22-45(6,7)26-58)31-19-28(10-13-37(31)56(40)25-46(47,48)49)36-24-64-38(51-36)21-35(52-43(62)63-44(3,4)5)41(59)57-14-8-9-34(53-57)42(60)61/h10,13,19-20,23-24,27,29,34-35,53,58H,8-9,11-12,14-18,21-22,25-26H2,1-7H3,(H,52,62)(H,60,61)/t34-,35-/m0/s1. The summed E-state index contributed by atoms with van der Waals surface area (Å²) in [5.74, 6) is -1.76. The van der Waals surface area contributed by atoms with Crippen molar-refractivity contribution in [3.05, 3.63) is 52.1 Å². The second-order valence-corrected chi connectivity index (χ2v) is 20.4. The quantitative estimate of drug-likeness (QED) is 0.0999. The van der Waals surface area contributed by atoms with Crippen molar-refractivity contribution in [2.75, 3.05) is 44.2 Å². The molecule has 4 N–H and O–H groups in total. The molecule has 7 rings (SSSR count). The number of nitrogens with zero attached hydrogens (tertiary/aromatic N) is 6. The average Bonchev–Trinajstić information content (AvgIpc) is 3.91. The number of halogens is 3. The second kappa shape index (κ2) is 18.6. The van der Waals surface area contributed by atoms with E-state index in [1.54, 1.807) is 38.3 Å². The van der Waals surface area contributed by atoms with Crippen molar-refractivity contribution in [1.82, 2.24) is 35.2 Å². The summed E-state index contributed by atoms with van der Waals surface area (Å²) in [4.78, 5) is 53.3. The normalized spacial score (nSPS) is 18.5. The van der Waals surface area contributed by atoms with Crippen LogP contribution in [-0.4, -0.2) is 122 Å². The molecule has 0 spiro atoms. The molecule has 2 saturated heterocycles. The number of fused-ring (bicyclic) bond motifs is 1. The molecule has 2 aliphatic heterocycles. The smallest absolute Gasteiger partial charge is 0.408 e. The summed E-state index contributed by atoms with van der Waals surface area (Å²) in [6.45, 7) is 15.1. The predicted octanol–water partition coefficient (Wildman–Crippen LogP) is 7.37. The lowest BCUT2D eigenvalue weighted by atomic mass is 9.84. The van der Waals surface area contributed by atoms with Gasteiger partial charge in [0, 0.05) is 79.2 Å². The Bertz CT molecular complexity index is 2340. The summed E-state index contributed by atoms with van der Waals surface area (Å²) in [6, 6.07) is 5.80. The van der Waals surface area contributed by atoms with Crippen LogP contribution in [0.5, 0.6) is 0 Å². The number of ether oxygens (including phenoxy) is 1. The average molecular weight is 911 g/mol. The number of alkyl halides is 3. The number of carboxylic acid groups (broad SMARTS) is 1. The van der Waals surface area contributed by atoms with Crippen molar-refractivity contribution < 1.29 is 42.5 Å². The number of aliphatic carboxylic acids is 1. The number of carbonyl (C=O) groups excluding carboxylic acids is 2. The zero-order valence-electron chi connectivity index (χ0n) is 37.7. The summed E-state index contributed by atoms with van der Waals surface area (Å²) in [5, 5.41) is 26.9. The Hall–Kier alpha value is -4.78. The van der Waals surface area contributed by atoms with Gasteiger partial charge in [0.25, 0.3) is 5.91 Å². The summed E-state index contributed by atoms with van der Waals surface area (Å²) in [7, 11) is 0. The van der Waals surface area contributed by atoms with Gasteiger partial charge in [-0.1, -0.05) is 33.8 Å². The third kappa shape index (κ3) is 11.2. The van der Waals surface area contributed by atoms with E-state index in [-0.39, 0.29) is 31.9 Å². The molecule has 4 aromatic rings. The van der Waals surface area contributed by atoms with Gasteiger partial charge in [-0.05, 0) is 88.0 Å². The van der Waals surface area contributed by atoms with Crippen LogP contribution in [-0.2, 0) is 33.7 Å². The number of thiazole rings is 1. The number of alkyl carbamates (subject to hydrolysis) is 1. The molecule has 3 aliphatic rings. The minimum atomic E-state index is -4.56. The molecule has 1 saturated carbocycles. The molecule has 348 valence electrons. The molecular weight excluding hydrogens is 850 g/mol. The number of carboxylic acids is 1. The first-order chi connectivity index (χ1) is 30.1. The number of hydrogen-bond donors (Lipinski definition) is 4. The molecule has 3 aromatic heterocycles. The van der Waals surface area contributed by atoms with E-state index in [1.807, 2.05) is 46.0 Å². The maximum absolute atomic E-state index is 14.8. The SMILES string of the molecule is CC(C)c1ncc(N2CCN(C3CC3)CC2)cc1-c1c(CC(C)(C)CO)c2cc(-c3csc(C[C@H](NC(=O)OC(C)(C)C)C(=O)N4CCC[C@@H](C(=O)O)N4)n3)ccc2n1CC(F)(F)F. The highest BCUT2D eigenvalue weighted by atomic mass is 32.1. The summed E-state index contributed by atoms with van der Waals surface area (Å²) in [6.07, 6.45) is -0.0922. The third-order valence-corrected chi connectivity index (χ3v) is 12.9. The van der Waals surface area contributed by atoms with Crippen LogP contribution in [0.15, 0.2) is 35.8 Å². The molecule has 0 radical (unpaired) electrons. The number of carbonyl (C=O) groups is 3. The van der Waals surface area contributed by atoms with E-state index >= 15 is 0 Å². The topological polar surface area (TPSA) is 165 Å². The van der Waals surface area contributed by atoms with Crippen molar-refractivity contribution in [3.8, 4) is 22.5 Å². The van der Waals surface area contributed by atoms with Crippen molar-refractivity contribution >= 4 is 45.9 Å². The van der Waals surface area contributed by atoms with E-state index in [2.05, 4.69) is 20.5 Å². The number of hydrogen-bond acceptors (Lipinski definition) is 11. The number of rotatable bonds is 14. The highest BCUT2D eigenvalue weighted by molar-refractivity contribution is 7.10. The van der Waals surface area contributed by atoms with E-state index in [9.17, 15) is 37.8 Å². The predicted molar refractivity (Wildman–Crippen MR) is 240 cm³/mol. The van der Waals surface area contributed by atoms with Crippen molar-refractivity contribution in [2.24, 2.45) is 5.41 Å². The Balaban J connectivity index is 1.29. The Labute approximate surface area is 376 Å². The second-order valence-electron chi connectivity index (χ2n) is 19.5. The molecule has 18 heteroatoms. The fraction of sp³-hybridized carbons (Fsp3) is 0.587. The lowest BCUT2D eigenvalue weighted by molar-refractivity contribution is -0.147. The van der Waals surface area contributed by atoms with Gasteiger partial charge in [0.2, 0.25) is 0 Å². The van der Waals surface area contributed by atoms with Crippen molar-refractivity contribution in [3.63, 3.8) is 0 Å². The number of aliphatic hydroxyl groups is 1. The molecule has 1 aromatic carbocycles. The fourth-order valence-electron chi connectivity index (χ4n) is 8.69. The largest absolute Gasteiger partial charge is 0.480 e. The zero-order valence-corrected chi connectivity index (χ0v) is 38.5. The van der Waals surface area contributed by atoms with Crippen LogP contribution in [0.4, 0.5) is 23.7 Å². The molecule has 1 aliphatic carbocycles. The van der Waals surface area contributed by atoms with Gasteiger partial charge in [0.05, 0.1) is 34.0 Å². The number of pyridine rings is 1. The minimum Gasteiger partial charge on any atom is -0.480 e. The Morgan fingerprint density at radius 2 is 1.73 bits per heavy atom. The maximum atomic E-state index is 14.8. The number of aromatic nitrogens is 3. The highest BCUT2D eigenvalue weighted by Gasteiger charge is 2.37. The third-order valence-electron chi connectivity index (χ3n) is 12.0. The first kappa shape index (κ1) is 47.2. The first-order valence-electron chi connectivity index (χ1n) is 22.2. The van der Waals surface area contributed by atoms with Crippen LogP contribution in [0.1, 0.15) is 96.3 Å². The number of amides is 2. The number of piperazine rings is 1. The Morgan fingerprint density at radius 3 is 2.36 bits per heavy atom. The molecule has 14 nitrogen and oxygen atoms in total. The van der Waals surface area contributed by atoms with E-state index < -0.39 is 53.8 Å². The van der Waals surface area contributed by atoms with E-state index in [1.165, 1.54) is 33.8 Å². The number of anilines is 1. The van der Waals surface area contributed by atoms with Gasteiger partial charge in [-0.2, -0.15) is 13.2 Å². The van der Waals surface area contributed by atoms with Crippen molar-refractivity contribution in [2.45, 2.75) is 129 Å². The van der Waals surface area contributed by atoms with Gasteiger partial charge >= 0.3 is 18.2 Å². The van der Waals surface area contributed by atoms with E-state index in [0.717, 1.165) is 31.9 Å². The molecule has 2 amide bonds. The lowest BCUT2D eigenvalue weighted by Gasteiger charge is -2.36. The van der Waals surface area contributed by atoms with Gasteiger partial charge in [-0.3, -0.25) is 24.5 Å². The van der Waals surface area contributed by atoms with Gasteiger partial charge in [-0.15, -0.1) is 11.3 Å². The van der Waals surface area contributed by atoms with Gasteiger partial charge in [0.15, 0.2) is 0 Å². The van der Waals surface area contributed by atoms with Crippen LogP contribution >= 0.6 is 11.3 Å². The molecule has 5 heterocycles. The van der Waals surface area contributed by atoms with Crippen LogP contribution in [0.3, 0.4) is 0 Å². The van der Waals surface area contributed by atoms with Gasteiger partial charge < -0.3 is 29.7 Å². The Kier molecular flexibility index (Phi) is 13.7. The summed E-state index contributed by atoms with van der Waals surface area (Å²) in [5.41, 5.74) is 5.99. The van der Waals surface area contributed by atoms with Gasteiger partial charge in [0.1, 0.15) is 24.2 Å². The molecule has 2 atom stereocenters. The molecule has 0 unspecified atom stereocenters.